The summed E-state index contributed by atoms with van der Waals surface area (Å²) < 4.78 is 51.9. The highest BCUT2D eigenvalue weighted by Gasteiger charge is 2.32. The summed E-state index contributed by atoms with van der Waals surface area (Å²) in [4.78, 5) is 24.7. The van der Waals surface area contributed by atoms with Crippen LogP contribution in [0.4, 0.5) is 17.6 Å². The second-order valence-electron chi connectivity index (χ2n) is 6.06. The van der Waals surface area contributed by atoms with Crippen molar-refractivity contribution >= 4 is 23.8 Å². The molecule has 0 spiro atoms. The van der Waals surface area contributed by atoms with Crippen LogP contribution in [0, 0.1) is 5.82 Å². The van der Waals surface area contributed by atoms with Gasteiger partial charge in [-0.05, 0) is 35.9 Å². The second-order valence-corrected chi connectivity index (χ2v) is 6.50. The molecule has 0 saturated carbocycles. The molecule has 1 atom stereocenters. The largest absolute Gasteiger partial charge is 0.416 e. The summed E-state index contributed by atoms with van der Waals surface area (Å²) in [5, 5.41) is -0.204. The van der Waals surface area contributed by atoms with Crippen LogP contribution in [-0.4, -0.2) is 30.7 Å². The summed E-state index contributed by atoms with van der Waals surface area (Å²) >= 11 is 5.72. The molecule has 2 aromatic rings. The number of nitrogens with zero attached hydrogens (tertiary/aromatic N) is 1. The van der Waals surface area contributed by atoms with Crippen molar-refractivity contribution in [2.45, 2.75) is 18.5 Å². The van der Waals surface area contributed by atoms with Gasteiger partial charge in [0.1, 0.15) is 12.1 Å². The molecule has 0 aliphatic rings. The van der Waals surface area contributed by atoms with Crippen LogP contribution >= 0.6 is 11.6 Å². The van der Waals surface area contributed by atoms with Gasteiger partial charge in [-0.2, -0.15) is 13.2 Å². The van der Waals surface area contributed by atoms with Crippen LogP contribution in [0.2, 0.25) is 5.02 Å². The van der Waals surface area contributed by atoms with Gasteiger partial charge in [0, 0.05) is 36.5 Å². The molecule has 3 nitrogen and oxygen atoms in total. The fraction of sp³-hybridized carbons (Fsp3) is 0.263. The third-order valence-electron chi connectivity index (χ3n) is 4.04. The molecule has 144 valence electrons. The quantitative estimate of drug-likeness (QED) is 0.507. The minimum absolute atomic E-state index is 0.0665. The van der Waals surface area contributed by atoms with E-state index in [9.17, 15) is 27.2 Å². The van der Waals surface area contributed by atoms with E-state index in [2.05, 4.69) is 0 Å². The maximum Gasteiger partial charge on any atom is 0.416 e. The molecule has 0 bridgehead atoms. The van der Waals surface area contributed by atoms with Crippen LogP contribution < -0.4 is 0 Å². The smallest absolute Gasteiger partial charge is 0.341 e. The molecule has 0 saturated heterocycles. The number of halogens is 5. The summed E-state index contributed by atoms with van der Waals surface area (Å²) in [6.07, 6.45) is -3.88. The summed E-state index contributed by atoms with van der Waals surface area (Å²) in [6.45, 7) is 0.0665. The van der Waals surface area contributed by atoms with E-state index in [1.807, 2.05) is 0 Å². The second kappa shape index (κ2) is 8.52. The Morgan fingerprint density at radius 3 is 2.37 bits per heavy atom. The van der Waals surface area contributed by atoms with E-state index in [1.54, 1.807) is 0 Å². The molecule has 2 aromatic carbocycles. The van der Waals surface area contributed by atoms with Gasteiger partial charge in [0.05, 0.1) is 5.56 Å². The number of hydrogen-bond donors (Lipinski definition) is 0. The lowest BCUT2D eigenvalue weighted by atomic mass is 9.95. The maximum atomic E-state index is 13.1. The lowest BCUT2D eigenvalue weighted by molar-refractivity contribution is -0.137. The standard InChI is InChI=1S/C19H16ClF4NO2/c1-25(11-13(6-7-26)12-2-4-17(21)5-3-12)18(27)14-8-15(19(22,23)24)10-16(20)9-14/h2-5,7-10,13H,6,11H2,1H3/t13-/m1/s1. The molecule has 0 aliphatic heterocycles. The molecule has 0 aliphatic carbocycles. The molecule has 1 amide bonds. The summed E-state index contributed by atoms with van der Waals surface area (Å²) in [6, 6.07) is 8.11. The van der Waals surface area contributed by atoms with Crippen molar-refractivity contribution in [1.29, 1.82) is 0 Å². The molecule has 27 heavy (non-hydrogen) atoms. The lowest BCUT2D eigenvalue weighted by Crippen LogP contribution is -2.31. The number of likely N-dealkylation sites (N-methyl/N-ethyl adjacent to an activating group) is 1. The third-order valence-corrected chi connectivity index (χ3v) is 4.25. The van der Waals surface area contributed by atoms with Crippen LogP contribution in [0.1, 0.15) is 33.8 Å². The van der Waals surface area contributed by atoms with Crippen molar-refractivity contribution in [1.82, 2.24) is 4.90 Å². The molecule has 0 radical (unpaired) electrons. The first-order valence-electron chi connectivity index (χ1n) is 7.94. The Labute approximate surface area is 158 Å². The Morgan fingerprint density at radius 1 is 1.19 bits per heavy atom. The van der Waals surface area contributed by atoms with E-state index in [1.165, 1.54) is 36.2 Å². The molecule has 0 N–H and O–H groups in total. The van der Waals surface area contributed by atoms with Crippen molar-refractivity contribution in [3.63, 3.8) is 0 Å². The number of alkyl halides is 3. The van der Waals surface area contributed by atoms with Gasteiger partial charge in [-0.15, -0.1) is 0 Å². The van der Waals surface area contributed by atoms with Crippen molar-refractivity contribution in [2.75, 3.05) is 13.6 Å². The van der Waals surface area contributed by atoms with Gasteiger partial charge in [0.25, 0.3) is 5.91 Å². The van der Waals surface area contributed by atoms with Crippen LogP contribution in [0.15, 0.2) is 42.5 Å². The van der Waals surface area contributed by atoms with Gasteiger partial charge < -0.3 is 9.69 Å². The highest BCUT2D eigenvalue weighted by Crippen LogP contribution is 2.32. The normalized spacial score (nSPS) is 12.5. The van der Waals surface area contributed by atoms with Crippen molar-refractivity contribution < 1.29 is 27.2 Å². The number of carbonyl (C=O) groups excluding carboxylic acids is 2. The highest BCUT2D eigenvalue weighted by molar-refractivity contribution is 6.31. The van der Waals surface area contributed by atoms with E-state index in [-0.39, 0.29) is 23.6 Å². The number of benzene rings is 2. The average Bonchev–Trinajstić information content (AvgIpc) is 2.60. The summed E-state index contributed by atoms with van der Waals surface area (Å²) in [7, 11) is 1.41. The zero-order valence-corrected chi connectivity index (χ0v) is 15.0. The highest BCUT2D eigenvalue weighted by atomic mass is 35.5. The zero-order chi connectivity index (χ0) is 20.2. The Bertz CT molecular complexity index is 821. The topological polar surface area (TPSA) is 37.4 Å². The first-order chi connectivity index (χ1) is 12.6. The number of hydrogen-bond acceptors (Lipinski definition) is 2. The fourth-order valence-electron chi connectivity index (χ4n) is 2.68. The number of aldehydes is 1. The monoisotopic (exact) mass is 401 g/mol. The Morgan fingerprint density at radius 2 is 1.81 bits per heavy atom. The van der Waals surface area contributed by atoms with Crippen molar-refractivity contribution in [2.24, 2.45) is 0 Å². The van der Waals surface area contributed by atoms with E-state index < -0.39 is 29.4 Å². The van der Waals surface area contributed by atoms with E-state index >= 15 is 0 Å². The summed E-state index contributed by atoms with van der Waals surface area (Å²) in [5.74, 6) is -1.52. The molecule has 0 heterocycles. The zero-order valence-electron chi connectivity index (χ0n) is 14.3. The van der Waals surface area contributed by atoms with E-state index in [4.69, 9.17) is 11.6 Å². The van der Waals surface area contributed by atoms with Crippen LogP contribution in [0.25, 0.3) is 0 Å². The minimum Gasteiger partial charge on any atom is -0.341 e. The number of rotatable bonds is 6. The molecule has 2 rings (SSSR count). The Kier molecular flexibility index (Phi) is 6.59. The van der Waals surface area contributed by atoms with Gasteiger partial charge in [-0.1, -0.05) is 23.7 Å². The van der Waals surface area contributed by atoms with Gasteiger partial charge in [0.15, 0.2) is 0 Å². The van der Waals surface area contributed by atoms with Crippen LogP contribution in [-0.2, 0) is 11.0 Å². The van der Waals surface area contributed by atoms with Gasteiger partial charge in [-0.25, -0.2) is 4.39 Å². The van der Waals surface area contributed by atoms with Crippen molar-refractivity contribution in [3.8, 4) is 0 Å². The molecule has 0 aromatic heterocycles. The van der Waals surface area contributed by atoms with Crippen molar-refractivity contribution in [3.05, 3.63) is 70.0 Å². The molecule has 0 unspecified atom stereocenters. The average molecular weight is 402 g/mol. The van der Waals surface area contributed by atoms with Gasteiger partial charge in [0.2, 0.25) is 0 Å². The molecule has 0 fully saturated rings. The minimum atomic E-state index is -4.63. The SMILES string of the molecule is CN(C[C@@H](CC=O)c1ccc(F)cc1)C(=O)c1cc(Cl)cc(C(F)(F)F)c1. The van der Waals surface area contributed by atoms with Crippen LogP contribution in [0.3, 0.4) is 0 Å². The Hall–Kier alpha value is -2.41. The maximum absolute atomic E-state index is 13.1. The molecular weight excluding hydrogens is 386 g/mol. The predicted octanol–water partition coefficient (Wildman–Crippen LogP) is 4.94. The fourth-order valence-corrected chi connectivity index (χ4v) is 2.91. The van der Waals surface area contributed by atoms with E-state index in [0.717, 1.165) is 18.2 Å². The lowest BCUT2D eigenvalue weighted by Gasteiger charge is -2.24. The predicted molar refractivity (Wildman–Crippen MR) is 93.2 cm³/mol. The van der Waals surface area contributed by atoms with E-state index in [0.29, 0.717) is 11.8 Å². The number of amides is 1. The summed E-state index contributed by atoms with van der Waals surface area (Å²) in [5.41, 5.74) is -0.582. The molecular formula is C19H16ClF4NO2. The third kappa shape index (κ3) is 5.53. The first kappa shape index (κ1) is 20.9. The molecule has 8 heteroatoms. The Balaban J connectivity index is 2.24. The first-order valence-corrected chi connectivity index (χ1v) is 8.32. The van der Waals surface area contributed by atoms with Crippen LogP contribution in [0.5, 0.6) is 0 Å². The van der Waals surface area contributed by atoms with Gasteiger partial charge >= 0.3 is 6.18 Å². The van der Waals surface area contributed by atoms with Gasteiger partial charge in [-0.3, -0.25) is 4.79 Å². The number of carbonyl (C=O) groups is 2.